The fraction of sp³-hybridized carbons (Fsp3) is 0.583. The monoisotopic (exact) mass is 426 g/mol. The van der Waals surface area contributed by atoms with Crippen LogP contribution in [0.3, 0.4) is 0 Å². The standard InChI is InChI=1S/C24H34N4O3/c1-3-17-28(18-20-11-7-6-8-12-20)22(30)14-13-21-25-23(27-31-21)24(26-19(2)29)15-9-4-5-10-16-24/h6-8,11-12H,3-5,9-10,13-18H2,1-2H3,(H,26,29). The van der Waals surface area contributed by atoms with Crippen LogP contribution < -0.4 is 5.32 Å². The van der Waals surface area contributed by atoms with Gasteiger partial charge in [-0.25, -0.2) is 0 Å². The molecule has 1 aromatic carbocycles. The molecule has 1 fully saturated rings. The van der Waals surface area contributed by atoms with Crippen LogP contribution >= 0.6 is 0 Å². The first kappa shape index (κ1) is 23.0. The van der Waals surface area contributed by atoms with Crippen LogP contribution in [0.15, 0.2) is 34.9 Å². The molecule has 1 saturated carbocycles. The van der Waals surface area contributed by atoms with E-state index in [4.69, 9.17) is 4.52 Å². The van der Waals surface area contributed by atoms with Gasteiger partial charge in [-0.3, -0.25) is 9.59 Å². The van der Waals surface area contributed by atoms with Crippen molar-refractivity contribution in [3.05, 3.63) is 47.6 Å². The molecule has 3 rings (SSSR count). The molecule has 1 aliphatic rings. The molecule has 0 spiro atoms. The Hall–Kier alpha value is -2.70. The fourth-order valence-corrected chi connectivity index (χ4v) is 4.36. The summed E-state index contributed by atoms with van der Waals surface area (Å²) in [6.07, 6.45) is 7.59. The number of rotatable bonds is 9. The lowest BCUT2D eigenvalue weighted by molar-refractivity contribution is -0.132. The SMILES string of the molecule is CCCN(Cc1ccccc1)C(=O)CCc1nc(C2(NC(C)=O)CCCCCC2)no1. The molecular weight excluding hydrogens is 392 g/mol. The first-order valence-electron chi connectivity index (χ1n) is 11.5. The van der Waals surface area contributed by atoms with Gasteiger partial charge in [-0.15, -0.1) is 0 Å². The summed E-state index contributed by atoms with van der Waals surface area (Å²) in [6, 6.07) is 10.0. The molecule has 1 heterocycles. The highest BCUT2D eigenvalue weighted by Crippen LogP contribution is 2.34. The van der Waals surface area contributed by atoms with Crippen LogP contribution in [-0.4, -0.2) is 33.4 Å². The Morgan fingerprint density at radius 1 is 1.13 bits per heavy atom. The summed E-state index contributed by atoms with van der Waals surface area (Å²) in [5, 5.41) is 7.30. The maximum Gasteiger partial charge on any atom is 0.227 e. The van der Waals surface area contributed by atoms with Crippen molar-refractivity contribution in [3.8, 4) is 0 Å². The molecule has 0 atom stereocenters. The molecule has 1 N–H and O–H groups in total. The van der Waals surface area contributed by atoms with Crippen molar-refractivity contribution >= 4 is 11.8 Å². The normalized spacial score (nSPS) is 15.8. The highest BCUT2D eigenvalue weighted by Gasteiger charge is 2.38. The number of nitrogens with zero attached hydrogens (tertiary/aromatic N) is 3. The third-order valence-corrected chi connectivity index (χ3v) is 5.88. The van der Waals surface area contributed by atoms with Crippen LogP contribution in [0.2, 0.25) is 0 Å². The number of aromatic nitrogens is 2. The Morgan fingerprint density at radius 3 is 2.48 bits per heavy atom. The van der Waals surface area contributed by atoms with Gasteiger partial charge in [0.05, 0.1) is 0 Å². The van der Waals surface area contributed by atoms with Crippen molar-refractivity contribution in [2.75, 3.05) is 6.54 Å². The van der Waals surface area contributed by atoms with Gasteiger partial charge >= 0.3 is 0 Å². The van der Waals surface area contributed by atoms with Crippen molar-refractivity contribution in [3.63, 3.8) is 0 Å². The van der Waals surface area contributed by atoms with E-state index in [2.05, 4.69) is 22.4 Å². The number of carbonyl (C=O) groups excluding carboxylic acids is 2. The van der Waals surface area contributed by atoms with Crippen molar-refractivity contribution in [1.82, 2.24) is 20.4 Å². The van der Waals surface area contributed by atoms with Gasteiger partial charge in [0.2, 0.25) is 17.7 Å². The second kappa shape index (κ2) is 11.1. The zero-order valence-corrected chi connectivity index (χ0v) is 18.7. The Kier molecular flexibility index (Phi) is 8.20. The van der Waals surface area contributed by atoms with Gasteiger partial charge in [-0.2, -0.15) is 4.98 Å². The van der Waals surface area contributed by atoms with Gasteiger partial charge in [0, 0.05) is 32.9 Å². The topological polar surface area (TPSA) is 88.3 Å². The maximum atomic E-state index is 12.9. The van der Waals surface area contributed by atoms with E-state index in [0.717, 1.165) is 50.5 Å². The summed E-state index contributed by atoms with van der Waals surface area (Å²) in [4.78, 5) is 31.2. The molecule has 1 aromatic heterocycles. The molecule has 1 aliphatic carbocycles. The molecule has 0 unspecified atom stereocenters. The summed E-state index contributed by atoms with van der Waals surface area (Å²) in [7, 11) is 0. The summed E-state index contributed by atoms with van der Waals surface area (Å²) in [6.45, 7) is 4.92. The van der Waals surface area contributed by atoms with Crippen molar-refractivity contribution in [1.29, 1.82) is 0 Å². The molecule has 2 amide bonds. The summed E-state index contributed by atoms with van der Waals surface area (Å²) >= 11 is 0. The zero-order valence-electron chi connectivity index (χ0n) is 18.7. The fourth-order valence-electron chi connectivity index (χ4n) is 4.36. The number of hydrogen-bond donors (Lipinski definition) is 1. The van der Waals surface area contributed by atoms with Crippen LogP contribution in [0.1, 0.15) is 82.5 Å². The summed E-state index contributed by atoms with van der Waals surface area (Å²) < 4.78 is 5.49. The number of hydrogen-bond acceptors (Lipinski definition) is 5. The maximum absolute atomic E-state index is 12.9. The second-order valence-electron chi connectivity index (χ2n) is 8.49. The quantitative estimate of drug-likeness (QED) is 0.609. The highest BCUT2D eigenvalue weighted by molar-refractivity contribution is 5.76. The third kappa shape index (κ3) is 6.39. The molecule has 168 valence electrons. The van der Waals surface area contributed by atoms with Crippen molar-refractivity contribution in [2.45, 2.75) is 83.7 Å². The first-order valence-corrected chi connectivity index (χ1v) is 11.5. The van der Waals surface area contributed by atoms with E-state index >= 15 is 0 Å². The van der Waals surface area contributed by atoms with E-state index < -0.39 is 5.54 Å². The van der Waals surface area contributed by atoms with Crippen molar-refractivity contribution < 1.29 is 14.1 Å². The molecule has 7 nitrogen and oxygen atoms in total. The Labute approximate surface area is 184 Å². The molecule has 0 radical (unpaired) electrons. The van der Waals surface area contributed by atoms with Gasteiger partial charge < -0.3 is 14.7 Å². The Balaban J connectivity index is 1.65. The molecule has 31 heavy (non-hydrogen) atoms. The van der Waals surface area contributed by atoms with Crippen LogP contribution in [-0.2, 0) is 28.1 Å². The predicted molar refractivity (Wildman–Crippen MR) is 118 cm³/mol. The first-order chi connectivity index (χ1) is 15.0. The number of carbonyl (C=O) groups is 2. The molecule has 0 aliphatic heterocycles. The van der Waals surface area contributed by atoms with E-state index in [9.17, 15) is 9.59 Å². The van der Waals surface area contributed by atoms with Crippen LogP contribution in [0.25, 0.3) is 0 Å². The van der Waals surface area contributed by atoms with Gasteiger partial charge in [0.15, 0.2) is 5.82 Å². The number of amides is 2. The number of aryl methyl sites for hydroxylation is 1. The van der Waals surface area contributed by atoms with Crippen LogP contribution in [0.5, 0.6) is 0 Å². The Bertz CT molecular complexity index is 842. The van der Waals surface area contributed by atoms with E-state index in [1.807, 2.05) is 35.2 Å². The molecular formula is C24H34N4O3. The second-order valence-corrected chi connectivity index (χ2v) is 8.49. The van der Waals surface area contributed by atoms with Crippen LogP contribution in [0.4, 0.5) is 0 Å². The number of benzene rings is 1. The lowest BCUT2D eigenvalue weighted by Gasteiger charge is -2.30. The summed E-state index contributed by atoms with van der Waals surface area (Å²) in [5.41, 5.74) is 0.560. The van der Waals surface area contributed by atoms with E-state index in [1.54, 1.807) is 0 Å². The lowest BCUT2D eigenvalue weighted by atomic mass is 9.89. The zero-order chi connectivity index (χ0) is 22.1. The molecule has 2 aromatic rings. The predicted octanol–water partition coefficient (Wildman–Crippen LogP) is 4.13. The third-order valence-electron chi connectivity index (χ3n) is 5.88. The Morgan fingerprint density at radius 2 is 1.84 bits per heavy atom. The van der Waals surface area contributed by atoms with Gasteiger partial charge in [0.1, 0.15) is 5.54 Å². The minimum Gasteiger partial charge on any atom is -0.343 e. The van der Waals surface area contributed by atoms with Crippen LogP contribution in [0, 0.1) is 0 Å². The van der Waals surface area contributed by atoms with E-state index in [0.29, 0.717) is 37.6 Å². The van der Waals surface area contributed by atoms with Gasteiger partial charge in [-0.1, -0.05) is 68.1 Å². The van der Waals surface area contributed by atoms with Crippen molar-refractivity contribution in [2.24, 2.45) is 0 Å². The average molecular weight is 427 g/mol. The minimum atomic E-state index is -0.560. The average Bonchev–Trinajstić information content (AvgIpc) is 3.12. The summed E-state index contributed by atoms with van der Waals surface area (Å²) in [5.74, 6) is 0.992. The minimum absolute atomic E-state index is 0.0801. The lowest BCUT2D eigenvalue weighted by Crippen LogP contribution is -2.45. The highest BCUT2D eigenvalue weighted by atomic mass is 16.5. The molecule has 0 bridgehead atoms. The number of nitrogens with one attached hydrogen (secondary N) is 1. The smallest absolute Gasteiger partial charge is 0.227 e. The van der Waals surface area contributed by atoms with Gasteiger partial charge in [0.25, 0.3) is 0 Å². The molecule has 0 saturated heterocycles. The van der Waals surface area contributed by atoms with E-state index in [-0.39, 0.29) is 11.8 Å². The molecule has 7 heteroatoms. The van der Waals surface area contributed by atoms with Gasteiger partial charge in [-0.05, 0) is 24.8 Å². The van der Waals surface area contributed by atoms with E-state index in [1.165, 1.54) is 6.92 Å². The largest absolute Gasteiger partial charge is 0.343 e.